The van der Waals surface area contributed by atoms with Gasteiger partial charge in [-0.05, 0) is 47.2 Å². The van der Waals surface area contributed by atoms with E-state index in [0.717, 1.165) is 23.6 Å². The van der Waals surface area contributed by atoms with Gasteiger partial charge in [0, 0.05) is 18.4 Å². The Hall–Kier alpha value is -2.87. The van der Waals surface area contributed by atoms with Crippen LogP contribution in [-0.2, 0) is 4.79 Å². The lowest BCUT2D eigenvalue weighted by Crippen LogP contribution is -2.07. The van der Waals surface area contributed by atoms with E-state index in [1.807, 2.05) is 54.6 Å². The van der Waals surface area contributed by atoms with Gasteiger partial charge < -0.3 is 10.1 Å². The van der Waals surface area contributed by atoms with E-state index in [0.29, 0.717) is 17.5 Å². The lowest BCUT2D eigenvalue weighted by molar-refractivity contribution is -0.114. The topological polar surface area (TPSA) is 81.9 Å². The number of para-hydroxylation sites is 1. The molecule has 0 spiro atoms. The quantitative estimate of drug-likeness (QED) is 0.485. The molecule has 0 saturated heterocycles. The Bertz CT molecular complexity index is 854. The number of ether oxygens (including phenoxy) is 1. The summed E-state index contributed by atoms with van der Waals surface area (Å²) < 4.78 is 7.34. The van der Waals surface area contributed by atoms with Gasteiger partial charge in [0.15, 0.2) is 0 Å². The second kappa shape index (κ2) is 9.00. The predicted molar refractivity (Wildman–Crippen MR) is 101 cm³/mol. The molecule has 26 heavy (non-hydrogen) atoms. The number of carbonyl (C=O) groups is 1. The maximum absolute atomic E-state index is 11.2. The maximum atomic E-state index is 11.2. The van der Waals surface area contributed by atoms with E-state index in [2.05, 4.69) is 20.8 Å². The molecular formula is C18H19N5O2S. The van der Waals surface area contributed by atoms with Gasteiger partial charge >= 0.3 is 0 Å². The maximum Gasteiger partial charge on any atom is 0.221 e. The molecule has 1 amide bonds. The third-order valence-electron chi connectivity index (χ3n) is 3.38. The molecule has 0 bridgehead atoms. The first-order chi connectivity index (χ1) is 12.7. The number of nitrogens with one attached hydrogen (secondary N) is 1. The third-order valence-corrected chi connectivity index (χ3v) is 4.39. The summed E-state index contributed by atoms with van der Waals surface area (Å²) in [5.41, 5.74) is 1.50. The molecule has 134 valence electrons. The van der Waals surface area contributed by atoms with Crippen molar-refractivity contribution in [3.63, 3.8) is 0 Å². The SMILES string of the molecule is CC(=O)Nc1cccc(-n2nnnc2SCCCOc2ccccc2)c1. The molecule has 3 aromatic rings. The molecule has 1 heterocycles. The Morgan fingerprint density at radius 2 is 2.04 bits per heavy atom. The number of aromatic nitrogens is 4. The van der Waals surface area contributed by atoms with Crippen LogP contribution in [0.1, 0.15) is 13.3 Å². The minimum atomic E-state index is -0.119. The van der Waals surface area contributed by atoms with Gasteiger partial charge in [0.1, 0.15) is 5.75 Å². The standard InChI is InChI=1S/C18H19N5O2S/c1-14(24)19-15-7-5-8-16(13-15)23-18(20-21-22-23)26-12-6-11-25-17-9-3-2-4-10-17/h2-5,7-10,13H,6,11-12H2,1H3,(H,19,24). The largest absolute Gasteiger partial charge is 0.494 e. The van der Waals surface area contributed by atoms with Crippen molar-refractivity contribution in [1.82, 2.24) is 20.2 Å². The zero-order chi connectivity index (χ0) is 18.2. The van der Waals surface area contributed by atoms with E-state index in [4.69, 9.17) is 4.74 Å². The number of hydrogen-bond acceptors (Lipinski definition) is 6. The highest BCUT2D eigenvalue weighted by molar-refractivity contribution is 7.99. The predicted octanol–water partition coefficient (Wildman–Crippen LogP) is 3.18. The molecule has 1 aromatic heterocycles. The molecule has 0 aliphatic rings. The number of thioether (sulfide) groups is 1. The number of tetrazole rings is 1. The van der Waals surface area contributed by atoms with Gasteiger partial charge in [0.25, 0.3) is 0 Å². The average Bonchev–Trinajstić information content (AvgIpc) is 3.10. The Morgan fingerprint density at radius 1 is 1.19 bits per heavy atom. The van der Waals surface area contributed by atoms with E-state index in [1.165, 1.54) is 6.92 Å². The number of amides is 1. The van der Waals surface area contributed by atoms with Crippen LogP contribution in [0.5, 0.6) is 5.75 Å². The van der Waals surface area contributed by atoms with Crippen LogP contribution in [-0.4, -0.2) is 38.5 Å². The summed E-state index contributed by atoms with van der Waals surface area (Å²) in [6, 6.07) is 17.1. The summed E-state index contributed by atoms with van der Waals surface area (Å²) >= 11 is 1.56. The van der Waals surface area contributed by atoms with Crippen LogP contribution in [0, 0.1) is 0 Å². The van der Waals surface area contributed by atoms with Crippen molar-refractivity contribution < 1.29 is 9.53 Å². The summed E-state index contributed by atoms with van der Waals surface area (Å²) in [5.74, 6) is 1.59. The highest BCUT2D eigenvalue weighted by Gasteiger charge is 2.09. The molecule has 0 radical (unpaired) electrons. The summed E-state index contributed by atoms with van der Waals surface area (Å²) in [6.07, 6.45) is 0.873. The molecule has 0 unspecified atom stereocenters. The first-order valence-electron chi connectivity index (χ1n) is 8.19. The Morgan fingerprint density at radius 3 is 2.85 bits per heavy atom. The van der Waals surface area contributed by atoms with Crippen LogP contribution in [0.4, 0.5) is 5.69 Å². The Labute approximate surface area is 155 Å². The first kappa shape index (κ1) is 17.9. The second-order valence-corrected chi connectivity index (χ2v) is 6.53. The summed E-state index contributed by atoms with van der Waals surface area (Å²) in [7, 11) is 0. The molecule has 2 aromatic carbocycles. The van der Waals surface area contributed by atoms with Crippen LogP contribution in [0.15, 0.2) is 59.8 Å². The van der Waals surface area contributed by atoms with Crippen molar-refractivity contribution in [2.45, 2.75) is 18.5 Å². The number of hydrogen-bond donors (Lipinski definition) is 1. The monoisotopic (exact) mass is 369 g/mol. The van der Waals surface area contributed by atoms with Gasteiger partial charge in [0.05, 0.1) is 12.3 Å². The van der Waals surface area contributed by atoms with Crippen molar-refractivity contribution in [2.24, 2.45) is 0 Å². The van der Waals surface area contributed by atoms with Crippen LogP contribution >= 0.6 is 11.8 Å². The van der Waals surface area contributed by atoms with Crippen molar-refractivity contribution in [3.8, 4) is 11.4 Å². The van der Waals surface area contributed by atoms with Gasteiger partial charge in [0.2, 0.25) is 11.1 Å². The van der Waals surface area contributed by atoms with E-state index < -0.39 is 0 Å². The summed E-state index contributed by atoms with van der Waals surface area (Å²) in [6.45, 7) is 2.11. The van der Waals surface area contributed by atoms with Crippen LogP contribution < -0.4 is 10.1 Å². The van der Waals surface area contributed by atoms with Crippen molar-refractivity contribution in [3.05, 3.63) is 54.6 Å². The normalized spacial score (nSPS) is 10.5. The van der Waals surface area contributed by atoms with Crippen molar-refractivity contribution in [1.29, 1.82) is 0 Å². The van der Waals surface area contributed by atoms with Gasteiger partial charge in [-0.3, -0.25) is 4.79 Å². The number of anilines is 1. The molecule has 0 fully saturated rings. The van der Waals surface area contributed by atoms with Crippen LogP contribution in [0.3, 0.4) is 0 Å². The minimum absolute atomic E-state index is 0.119. The molecule has 0 atom stereocenters. The van der Waals surface area contributed by atoms with Crippen molar-refractivity contribution >= 4 is 23.4 Å². The number of rotatable bonds is 8. The minimum Gasteiger partial charge on any atom is -0.494 e. The van der Waals surface area contributed by atoms with Crippen LogP contribution in [0.2, 0.25) is 0 Å². The van der Waals surface area contributed by atoms with Crippen molar-refractivity contribution in [2.75, 3.05) is 17.7 Å². The first-order valence-corrected chi connectivity index (χ1v) is 9.18. The van der Waals surface area contributed by atoms with E-state index in [9.17, 15) is 4.79 Å². The number of carbonyl (C=O) groups excluding carboxylic acids is 1. The zero-order valence-corrected chi connectivity index (χ0v) is 15.1. The molecule has 8 heteroatoms. The van der Waals surface area contributed by atoms with Gasteiger partial charge in [-0.2, -0.15) is 4.68 Å². The summed E-state index contributed by atoms with van der Waals surface area (Å²) in [5, 5.41) is 15.3. The highest BCUT2D eigenvalue weighted by Crippen LogP contribution is 2.21. The molecule has 1 N–H and O–H groups in total. The smallest absolute Gasteiger partial charge is 0.221 e. The number of nitrogens with zero attached hydrogens (tertiary/aromatic N) is 4. The van der Waals surface area contributed by atoms with Gasteiger partial charge in [-0.1, -0.05) is 36.0 Å². The zero-order valence-electron chi connectivity index (χ0n) is 14.3. The number of benzene rings is 2. The van der Waals surface area contributed by atoms with Gasteiger partial charge in [-0.25, -0.2) is 0 Å². The fourth-order valence-electron chi connectivity index (χ4n) is 2.28. The molecule has 7 nitrogen and oxygen atoms in total. The molecule has 0 aliphatic carbocycles. The fraction of sp³-hybridized carbons (Fsp3) is 0.222. The Balaban J connectivity index is 1.54. The van der Waals surface area contributed by atoms with E-state index in [-0.39, 0.29) is 5.91 Å². The van der Waals surface area contributed by atoms with Gasteiger partial charge in [-0.15, -0.1) is 5.10 Å². The molecule has 0 aliphatic heterocycles. The van der Waals surface area contributed by atoms with E-state index >= 15 is 0 Å². The molecule has 3 rings (SSSR count). The second-order valence-electron chi connectivity index (χ2n) is 5.47. The lowest BCUT2D eigenvalue weighted by Gasteiger charge is -2.08. The van der Waals surface area contributed by atoms with Crippen LogP contribution in [0.25, 0.3) is 5.69 Å². The molecular weight excluding hydrogens is 350 g/mol. The fourth-order valence-corrected chi connectivity index (χ4v) is 3.08. The third kappa shape index (κ3) is 5.06. The Kier molecular flexibility index (Phi) is 6.21. The highest BCUT2D eigenvalue weighted by atomic mass is 32.2. The molecule has 0 saturated carbocycles. The van der Waals surface area contributed by atoms with E-state index in [1.54, 1.807) is 16.4 Å². The lowest BCUT2D eigenvalue weighted by atomic mass is 10.3. The average molecular weight is 369 g/mol. The summed E-state index contributed by atoms with van der Waals surface area (Å²) in [4.78, 5) is 11.2.